The van der Waals surface area contributed by atoms with Crippen molar-refractivity contribution in [3.63, 3.8) is 0 Å². The van der Waals surface area contributed by atoms with Gasteiger partial charge in [0.05, 0.1) is 0 Å². The second kappa shape index (κ2) is 5.45. The van der Waals surface area contributed by atoms with Gasteiger partial charge < -0.3 is 15.0 Å². The van der Waals surface area contributed by atoms with E-state index in [0.717, 1.165) is 31.6 Å². The monoisotopic (exact) mass is 294 g/mol. The molecule has 4 heteroatoms. The van der Waals surface area contributed by atoms with Crippen molar-refractivity contribution in [1.82, 2.24) is 10.2 Å². The van der Waals surface area contributed by atoms with Crippen LogP contribution in [-0.2, 0) is 4.74 Å². The summed E-state index contributed by atoms with van der Waals surface area (Å²) in [7, 11) is 0. The quantitative estimate of drug-likeness (QED) is 0.868. The molecule has 2 heterocycles. The molecule has 0 radical (unpaired) electrons. The molecule has 3 unspecified atom stereocenters. The Balaban J connectivity index is 1.57. The third kappa shape index (κ3) is 3.53. The number of amides is 1. The molecule has 0 spiro atoms. The molecule has 1 amide bonds. The van der Waals surface area contributed by atoms with Gasteiger partial charge in [-0.15, -0.1) is 0 Å². The molecule has 3 fully saturated rings. The molecule has 3 atom stereocenters. The molecular weight excluding hydrogens is 264 g/mol. The van der Waals surface area contributed by atoms with E-state index >= 15 is 0 Å². The van der Waals surface area contributed by atoms with E-state index in [1.165, 1.54) is 12.8 Å². The Bertz CT molecular complexity index is 386. The van der Waals surface area contributed by atoms with Crippen LogP contribution < -0.4 is 5.32 Å². The Morgan fingerprint density at radius 3 is 2.19 bits per heavy atom. The highest BCUT2D eigenvalue weighted by molar-refractivity contribution is 5.69. The maximum atomic E-state index is 12.4. The molecular formula is C17H30N2O2. The molecule has 2 bridgehead atoms. The highest BCUT2D eigenvalue weighted by atomic mass is 16.6. The molecule has 0 aromatic rings. The average Bonchev–Trinajstić information content (AvgIpc) is 3.14. The van der Waals surface area contributed by atoms with E-state index in [0.29, 0.717) is 24.2 Å². The molecule has 4 nitrogen and oxygen atoms in total. The van der Waals surface area contributed by atoms with Gasteiger partial charge >= 0.3 is 6.09 Å². The number of ether oxygens (including phenoxy) is 1. The van der Waals surface area contributed by atoms with Crippen LogP contribution in [0.1, 0.15) is 66.2 Å². The van der Waals surface area contributed by atoms with Gasteiger partial charge in [-0.05, 0) is 72.1 Å². The van der Waals surface area contributed by atoms with E-state index in [9.17, 15) is 4.79 Å². The summed E-state index contributed by atoms with van der Waals surface area (Å²) in [4.78, 5) is 14.4. The number of nitrogens with zero attached hydrogens (tertiary/aromatic N) is 1. The highest BCUT2D eigenvalue weighted by Crippen LogP contribution is 2.38. The average molecular weight is 294 g/mol. The van der Waals surface area contributed by atoms with Crippen molar-refractivity contribution in [2.75, 3.05) is 0 Å². The van der Waals surface area contributed by atoms with E-state index in [1.54, 1.807) is 0 Å². The van der Waals surface area contributed by atoms with Crippen LogP contribution in [0.5, 0.6) is 0 Å². The van der Waals surface area contributed by atoms with Gasteiger partial charge in [0.1, 0.15) is 5.60 Å². The van der Waals surface area contributed by atoms with Crippen LogP contribution in [0.3, 0.4) is 0 Å². The lowest BCUT2D eigenvalue weighted by Gasteiger charge is -2.40. The van der Waals surface area contributed by atoms with Crippen molar-refractivity contribution in [2.45, 2.75) is 96.0 Å². The largest absolute Gasteiger partial charge is 0.444 e. The van der Waals surface area contributed by atoms with Gasteiger partial charge in [-0.2, -0.15) is 0 Å². The third-order valence-electron chi connectivity index (χ3n) is 5.17. The van der Waals surface area contributed by atoms with Crippen molar-refractivity contribution >= 4 is 6.09 Å². The Hall–Kier alpha value is -0.770. The fourth-order valence-electron chi connectivity index (χ4n) is 4.03. The first kappa shape index (κ1) is 15.1. The van der Waals surface area contributed by atoms with Gasteiger partial charge in [0.15, 0.2) is 0 Å². The normalized spacial score (nSPS) is 33.9. The molecule has 1 aliphatic carbocycles. The van der Waals surface area contributed by atoms with E-state index in [1.807, 2.05) is 25.7 Å². The molecule has 3 rings (SSSR count). The van der Waals surface area contributed by atoms with Crippen LogP contribution in [0.15, 0.2) is 0 Å². The minimum absolute atomic E-state index is 0.108. The Morgan fingerprint density at radius 2 is 1.71 bits per heavy atom. The Morgan fingerprint density at radius 1 is 1.14 bits per heavy atom. The van der Waals surface area contributed by atoms with Crippen LogP contribution in [0.25, 0.3) is 0 Å². The molecule has 1 saturated carbocycles. The van der Waals surface area contributed by atoms with Crippen LogP contribution in [0.4, 0.5) is 4.79 Å². The summed E-state index contributed by atoms with van der Waals surface area (Å²) in [5.41, 5.74) is -0.397. The minimum Gasteiger partial charge on any atom is -0.444 e. The molecule has 1 N–H and O–H groups in total. The summed E-state index contributed by atoms with van der Waals surface area (Å²) in [6.45, 7) is 8.15. The van der Waals surface area contributed by atoms with Crippen molar-refractivity contribution in [1.29, 1.82) is 0 Å². The standard InChI is InChI=1S/C17H30N2O2/c1-11(12-5-6-12)18-13-9-14-7-8-15(10-13)19(14)16(20)21-17(2,3)4/h11-15,18H,5-10H2,1-4H3. The summed E-state index contributed by atoms with van der Waals surface area (Å²) in [5.74, 6) is 0.895. The van der Waals surface area contributed by atoms with E-state index in [2.05, 4.69) is 12.2 Å². The smallest absolute Gasteiger partial charge is 0.410 e. The van der Waals surface area contributed by atoms with Crippen molar-refractivity contribution < 1.29 is 9.53 Å². The first-order valence-electron chi connectivity index (χ1n) is 8.61. The minimum atomic E-state index is -0.397. The van der Waals surface area contributed by atoms with Gasteiger partial charge in [0.25, 0.3) is 0 Å². The number of hydrogen-bond acceptors (Lipinski definition) is 3. The molecule has 120 valence electrons. The summed E-state index contributed by atoms with van der Waals surface area (Å²) in [5, 5.41) is 3.81. The van der Waals surface area contributed by atoms with Crippen molar-refractivity contribution in [2.24, 2.45) is 5.92 Å². The van der Waals surface area contributed by atoms with Gasteiger partial charge in [0.2, 0.25) is 0 Å². The summed E-state index contributed by atoms with van der Waals surface area (Å²) < 4.78 is 5.59. The zero-order chi connectivity index (χ0) is 15.2. The van der Waals surface area contributed by atoms with E-state index in [4.69, 9.17) is 4.74 Å². The number of fused-ring (bicyclic) bond motifs is 2. The summed E-state index contributed by atoms with van der Waals surface area (Å²) >= 11 is 0. The fraction of sp³-hybridized carbons (Fsp3) is 0.941. The Labute approximate surface area is 128 Å². The number of piperidine rings is 1. The molecule has 2 aliphatic heterocycles. The summed E-state index contributed by atoms with van der Waals surface area (Å²) in [6, 6.07) is 1.98. The molecule has 3 aliphatic rings. The summed E-state index contributed by atoms with van der Waals surface area (Å²) in [6.07, 6.45) is 7.12. The predicted molar refractivity (Wildman–Crippen MR) is 83.2 cm³/mol. The zero-order valence-electron chi connectivity index (χ0n) is 13.9. The maximum absolute atomic E-state index is 12.4. The van der Waals surface area contributed by atoms with Gasteiger partial charge in [0, 0.05) is 24.2 Å². The lowest BCUT2D eigenvalue weighted by Crippen LogP contribution is -2.54. The predicted octanol–water partition coefficient (Wildman–Crippen LogP) is 3.31. The van der Waals surface area contributed by atoms with Gasteiger partial charge in [-0.1, -0.05) is 0 Å². The molecule has 0 aromatic carbocycles. The van der Waals surface area contributed by atoms with Crippen molar-refractivity contribution in [3.05, 3.63) is 0 Å². The lowest BCUT2D eigenvalue weighted by molar-refractivity contribution is 0.00426. The number of nitrogens with one attached hydrogen (secondary N) is 1. The number of carbonyl (C=O) groups is 1. The van der Waals surface area contributed by atoms with Gasteiger partial charge in [-0.25, -0.2) is 4.79 Å². The second-order valence-electron chi connectivity index (χ2n) is 8.23. The second-order valence-corrected chi connectivity index (χ2v) is 8.23. The van der Waals surface area contributed by atoms with E-state index < -0.39 is 5.60 Å². The first-order chi connectivity index (χ1) is 9.83. The first-order valence-corrected chi connectivity index (χ1v) is 8.61. The van der Waals surface area contributed by atoms with Crippen LogP contribution >= 0.6 is 0 Å². The van der Waals surface area contributed by atoms with E-state index in [-0.39, 0.29) is 6.09 Å². The van der Waals surface area contributed by atoms with Crippen LogP contribution in [-0.4, -0.2) is 40.8 Å². The molecule has 0 aromatic heterocycles. The highest BCUT2D eigenvalue weighted by Gasteiger charge is 2.45. The molecule has 2 saturated heterocycles. The van der Waals surface area contributed by atoms with Crippen LogP contribution in [0.2, 0.25) is 0 Å². The van der Waals surface area contributed by atoms with Crippen molar-refractivity contribution in [3.8, 4) is 0 Å². The SMILES string of the molecule is CC(NC1CC2CCC(C1)N2C(=O)OC(C)(C)C)C1CC1. The number of hydrogen-bond donors (Lipinski definition) is 1. The van der Waals surface area contributed by atoms with Gasteiger partial charge in [-0.3, -0.25) is 0 Å². The topological polar surface area (TPSA) is 41.6 Å². The third-order valence-corrected chi connectivity index (χ3v) is 5.17. The number of carbonyl (C=O) groups excluding carboxylic acids is 1. The molecule has 21 heavy (non-hydrogen) atoms. The maximum Gasteiger partial charge on any atom is 0.410 e. The number of rotatable bonds is 3. The van der Waals surface area contributed by atoms with Crippen LogP contribution in [0, 0.1) is 5.92 Å². The Kier molecular flexibility index (Phi) is 3.93. The fourth-order valence-corrected chi connectivity index (χ4v) is 4.03. The zero-order valence-corrected chi connectivity index (χ0v) is 13.9. The lowest BCUT2D eigenvalue weighted by atomic mass is 9.96.